The highest BCUT2D eigenvalue weighted by Crippen LogP contribution is 2.14. The number of aliphatic hydroxyl groups is 1. The van der Waals surface area contributed by atoms with Crippen LogP contribution in [-0.4, -0.2) is 67.8 Å². The van der Waals surface area contributed by atoms with Crippen LogP contribution in [0, 0.1) is 0 Å². The van der Waals surface area contributed by atoms with Crippen molar-refractivity contribution >= 4 is 16.0 Å². The standard InChI is InChI=1S/C11H20N4O4S/c1-3-12-11-13-8-10(9-14-11)20(17,18)15(4-6-16)5-7-19-2/h8-9,16H,3-7H2,1-2H3,(H,12,13,14). The summed E-state index contributed by atoms with van der Waals surface area (Å²) >= 11 is 0. The van der Waals surface area contributed by atoms with E-state index in [0.717, 1.165) is 4.31 Å². The van der Waals surface area contributed by atoms with E-state index in [1.54, 1.807) is 0 Å². The zero-order valence-corrected chi connectivity index (χ0v) is 12.4. The predicted octanol–water partition coefficient (Wildman–Crippen LogP) is -0.462. The molecule has 0 aliphatic heterocycles. The van der Waals surface area contributed by atoms with E-state index >= 15 is 0 Å². The molecule has 1 rings (SSSR count). The van der Waals surface area contributed by atoms with Gasteiger partial charge in [0.2, 0.25) is 16.0 Å². The lowest BCUT2D eigenvalue weighted by molar-refractivity contribution is 0.168. The second kappa shape index (κ2) is 8.10. The van der Waals surface area contributed by atoms with E-state index in [0.29, 0.717) is 12.5 Å². The Hall–Kier alpha value is -1.29. The quantitative estimate of drug-likeness (QED) is 0.636. The Morgan fingerprint density at radius 3 is 2.50 bits per heavy atom. The number of hydrogen-bond acceptors (Lipinski definition) is 7. The molecule has 0 aromatic carbocycles. The minimum absolute atomic E-state index is 0.000650. The van der Waals surface area contributed by atoms with Crippen LogP contribution in [0.2, 0.25) is 0 Å². The van der Waals surface area contributed by atoms with Crippen molar-refractivity contribution in [2.24, 2.45) is 0 Å². The molecule has 9 heteroatoms. The molecule has 0 bridgehead atoms. The fourth-order valence-electron chi connectivity index (χ4n) is 1.50. The van der Waals surface area contributed by atoms with Gasteiger partial charge in [0.05, 0.1) is 25.6 Å². The molecule has 1 heterocycles. The van der Waals surface area contributed by atoms with Gasteiger partial charge in [-0.25, -0.2) is 18.4 Å². The lowest BCUT2D eigenvalue weighted by Crippen LogP contribution is -2.36. The molecule has 0 radical (unpaired) electrons. The largest absolute Gasteiger partial charge is 0.395 e. The maximum absolute atomic E-state index is 12.4. The summed E-state index contributed by atoms with van der Waals surface area (Å²) in [4.78, 5) is 7.86. The second-order valence-electron chi connectivity index (χ2n) is 3.89. The van der Waals surface area contributed by atoms with Crippen LogP contribution < -0.4 is 5.32 Å². The number of aliphatic hydroxyl groups excluding tert-OH is 1. The molecule has 1 aromatic rings. The molecular weight excluding hydrogens is 284 g/mol. The summed E-state index contributed by atoms with van der Waals surface area (Å²) in [6.07, 6.45) is 2.50. The third-order valence-electron chi connectivity index (χ3n) is 2.50. The van der Waals surface area contributed by atoms with Crippen molar-refractivity contribution in [3.63, 3.8) is 0 Å². The van der Waals surface area contributed by atoms with Gasteiger partial charge in [0.15, 0.2) is 0 Å². The first kappa shape index (κ1) is 16.8. The minimum atomic E-state index is -3.73. The smallest absolute Gasteiger partial charge is 0.246 e. The van der Waals surface area contributed by atoms with Gasteiger partial charge in [0.25, 0.3) is 0 Å². The van der Waals surface area contributed by atoms with Crippen LogP contribution in [0.15, 0.2) is 17.3 Å². The average Bonchev–Trinajstić information content (AvgIpc) is 2.44. The van der Waals surface area contributed by atoms with E-state index in [1.165, 1.54) is 19.5 Å². The Morgan fingerprint density at radius 2 is 2.00 bits per heavy atom. The zero-order chi connectivity index (χ0) is 15.0. The third-order valence-corrected chi connectivity index (χ3v) is 4.35. The molecule has 0 unspecified atom stereocenters. The molecule has 0 fully saturated rings. The van der Waals surface area contributed by atoms with Crippen molar-refractivity contribution in [1.29, 1.82) is 0 Å². The van der Waals surface area contributed by atoms with Gasteiger partial charge >= 0.3 is 0 Å². The third kappa shape index (κ3) is 4.37. The SMILES string of the molecule is CCNc1ncc(S(=O)(=O)N(CCO)CCOC)cn1. The number of sulfonamides is 1. The maximum atomic E-state index is 12.4. The first-order valence-electron chi connectivity index (χ1n) is 6.22. The van der Waals surface area contributed by atoms with Gasteiger partial charge in [-0.3, -0.25) is 0 Å². The highest BCUT2D eigenvalue weighted by Gasteiger charge is 2.24. The zero-order valence-electron chi connectivity index (χ0n) is 11.6. The van der Waals surface area contributed by atoms with Crippen LogP contribution in [0.3, 0.4) is 0 Å². The van der Waals surface area contributed by atoms with Crippen LogP contribution in [0.1, 0.15) is 6.92 Å². The summed E-state index contributed by atoms with van der Waals surface area (Å²) in [6, 6.07) is 0. The molecule has 0 aliphatic carbocycles. The van der Waals surface area contributed by atoms with E-state index in [9.17, 15) is 8.42 Å². The van der Waals surface area contributed by atoms with Gasteiger partial charge in [-0.2, -0.15) is 4.31 Å². The van der Waals surface area contributed by atoms with Crippen molar-refractivity contribution in [1.82, 2.24) is 14.3 Å². The highest BCUT2D eigenvalue weighted by atomic mass is 32.2. The number of nitrogens with one attached hydrogen (secondary N) is 1. The summed E-state index contributed by atoms with van der Waals surface area (Å²) < 4.78 is 30.7. The van der Waals surface area contributed by atoms with Gasteiger partial charge in [-0.15, -0.1) is 0 Å². The summed E-state index contributed by atoms with van der Waals surface area (Å²) in [7, 11) is -2.24. The Bertz CT molecular complexity index is 492. The summed E-state index contributed by atoms with van der Waals surface area (Å²) in [6.45, 7) is 2.68. The van der Waals surface area contributed by atoms with E-state index in [2.05, 4.69) is 15.3 Å². The molecule has 8 nitrogen and oxygen atoms in total. The summed E-state index contributed by atoms with van der Waals surface area (Å²) in [5.74, 6) is 0.372. The molecule has 0 saturated heterocycles. The van der Waals surface area contributed by atoms with E-state index < -0.39 is 10.0 Å². The van der Waals surface area contributed by atoms with Crippen molar-refractivity contribution in [3.05, 3.63) is 12.4 Å². The van der Waals surface area contributed by atoms with Gasteiger partial charge in [-0.05, 0) is 6.92 Å². The predicted molar refractivity (Wildman–Crippen MR) is 73.9 cm³/mol. The molecule has 0 saturated carbocycles. The Balaban J connectivity index is 2.93. The van der Waals surface area contributed by atoms with Crippen molar-refractivity contribution in [2.75, 3.05) is 45.3 Å². The van der Waals surface area contributed by atoms with Crippen LogP contribution in [0.25, 0.3) is 0 Å². The Morgan fingerprint density at radius 1 is 1.35 bits per heavy atom. The lowest BCUT2D eigenvalue weighted by Gasteiger charge is -2.20. The van der Waals surface area contributed by atoms with Gasteiger partial charge < -0.3 is 15.2 Å². The number of rotatable bonds is 9. The Labute approximate surface area is 118 Å². The average molecular weight is 304 g/mol. The number of nitrogens with zero attached hydrogens (tertiary/aromatic N) is 3. The number of methoxy groups -OCH3 is 1. The molecule has 0 amide bonds. The molecule has 2 N–H and O–H groups in total. The van der Waals surface area contributed by atoms with E-state index in [1.807, 2.05) is 6.92 Å². The molecule has 1 aromatic heterocycles. The fraction of sp³-hybridized carbons (Fsp3) is 0.636. The van der Waals surface area contributed by atoms with Crippen molar-refractivity contribution < 1.29 is 18.3 Å². The number of ether oxygens (including phenoxy) is 1. The van der Waals surface area contributed by atoms with Crippen LogP contribution in [0.5, 0.6) is 0 Å². The number of hydrogen-bond donors (Lipinski definition) is 2. The van der Waals surface area contributed by atoms with Gasteiger partial charge in [0, 0.05) is 26.7 Å². The minimum Gasteiger partial charge on any atom is -0.395 e. The summed E-state index contributed by atoms with van der Waals surface area (Å²) in [5, 5.41) is 11.9. The van der Waals surface area contributed by atoms with Crippen LogP contribution in [-0.2, 0) is 14.8 Å². The van der Waals surface area contributed by atoms with Gasteiger partial charge in [-0.1, -0.05) is 0 Å². The number of aromatic nitrogens is 2. The monoisotopic (exact) mass is 304 g/mol. The highest BCUT2D eigenvalue weighted by molar-refractivity contribution is 7.89. The molecule has 20 heavy (non-hydrogen) atoms. The van der Waals surface area contributed by atoms with Crippen molar-refractivity contribution in [2.45, 2.75) is 11.8 Å². The number of anilines is 1. The molecule has 0 aliphatic rings. The lowest BCUT2D eigenvalue weighted by atomic mass is 10.6. The molecule has 0 atom stereocenters. The van der Waals surface area contributed by atoms with Crippen LogP contribution >= 0.6 is 0 Å². The molecule has 0 spiro atoms. The molecule has 114 valence electrons. The Kier molecular flexibility index (Phi) is 6.79. The van der Waals surface area contributed by atoms with E-state index in [-0.39, 0.29) is 31.2 Å². The fourth-order valence-corrected chi connectivity index (χ4v) is 2.81. The topological polar surface area (TPSA) is 105 Å². The van der Waals surface area contributed by atoms with Crippen LogP contribution in [0.4, 0.5) is 5.95 Å². The molecular formula is C11H20N4O4S. The maximum Gasteiger partial charge on any atom is 0.246 e. The first-order chi connectivity index (χ1) is 9.56. The normalized spacial score (nSPS) is 11.8. The van der Waals surface area contributed by atoms with E-state index in [4.69, 9.17) is 9.84 Å². The first-order valence-corrected chi connectivity index (χ1v) is 7.66. The van der Waals surface area contributed by atoms with Crippen molar-refractivity contribution in [3.8, 4) is 0 Å². The second-order valence-corrected chi connectivity index (χ2v) is 5.83. The summed E-state index contributed by atoms with van der Waals surface area (Å²) in [5.41, 5.74) is 0. The van der Waals surface area contributed by atoms with Gasteiger partial charge in [0.1, 0.15) is 4.90 Å².